The molecule has 0 fully saturated rings. The Morgan fingerprint density at radius 2 is 1.75 bits per heavy atom. The number of aromatic nitrogens is 1. The zero-order valence-electron chi connectivity index (χ0n) is 6.93. The van der Waals surface area contributed by atoms with E-state index in [-0.39, 0.29) is 0 Å². The van der Waals surface area contributed by atoms with Crippen molar-refractivity contribution in [3.05, 3.63) is 24.5 Å². The first-order chi connectivity index (χ1) is 5.73. The van der Waals surface area contributed by atoms with E-state index in [1.807, 2.05) is 0 Å². The largest absolute Gasteiger partial charge is 0.360 e. The molecule has 0 unspecified atom stereocenters. The highest BCUT2D eigenvalue weighted by atomic mass is 31.2. The predicted molar refractivity (Wildman–Crippen MR) is 45.5 cm³/mol. The van der Waals surface area contributed by atoms with Crippen molar-refractivity contribution in [3.63, 3.8) is 0 Å². The van der Waals surface area contributed by atoms with E-state index in [0.29, 0.717) is 5.30 Å². The Bertz CT molecular complexity index is 280. The van der Waals surface area contributed by atoms with Gasteiger partial charge in [0.15, 0.2) is 0 Å². The topological polar surface area (TPSA) is 48.4 Å². The predicted octanol–water partition coefficient (Wildman–Crippen LogP) is 1.19. The van der Waals surface area contributed by atoms with Gasteiger partial charge in [-0.3, -0.25) is 9.55 Å². The van der Waals surface area contributed by atoms with Crippen LogP contribution in [-0.2, 0) is 13.6 Å². The summed E-state index contributed by atoms with van der Waals surface area (Å²) in [5.74, 6) is 0. The molecular formula is C7H10NO3P. The van der Waals surface area contributed by atoms with Gasteiger partial charge in [0.2, 0.25) is 0 Å². The van der Waals surface area contributed by atoms with Gasteiger partial charge in [-0.2, -0.15) is 0 Å². The van der Waals surface area contributed by atoms with Crippen LogP contribution in [0, 0.1) is 0 Å². The first-order valence-corrected chi connectivity index (χ1v) is 4.89. The van der Waals surface area contributed by atoms with Crippen molar-refractivity contribution in [1.29, 1.82) is 0 Å². The summed E-state index contributed by atoms with van der Waals surface area (Å²) in [6, 6.07) is 3.21. The lowest BCUT2D eigenvalue weighted by atomic mass is 10.5. The lowest BCUT2D eigenvalue weighted by Gasteiger charge is -2.12. The molecular weight excluding hydrogens is 177 g/mol. The maximum Gasteiger partial charge on any atom is 0.360 e. The Morgan fingerprint density at radius 3 is 2.17 bits per heavy atom. The van der Waals surface area contributed by atoms with Crippen LogP contribution in [-0.4, -0.2) is 19.2 Å². The van der Waals surface area contributed by atoms with E-state index in [1.165, 1.54) is 14.2 Å². The lowest BCUT2D eigenvalue weighted by Crippen LogP contribution is -2.07. The Labute approximate surface area is 71.1 Å². The van der Waals surface area contributed by atoms with Crippen molar-refractivity contribution < 1.29 is 13.6 Å². The summed E-state index contributed by atoms with van der Waals surface area (Å²) in [5, 5.41) is 0.516. The van der Waals surface area contributed by atoms with Crippen LogP contribution in [0.5, 0.6) is 0 Å². The third kappa shape index (κ3) is 1.72. The molecule has 0 spiro atoms. The molecule has 0 saturated heterocycles. The molecule has 0 aliphatic rings. The zero-order chi connectivity index (χ0) is 9.03. The zero-order valence-corrected chi connectivity index (χ0v) is 7.82. The Hall–Kier alpha value is -0.700. The number of hydrogen-bond donors (Lipinski definition) is 0. The molecule has 1 aromatic rings. The summed E-state index contributed by atoms with van der Waals surface area (Å²) < 4.78 is 21.2. The van der Waals surface area contributed by atoms with Gasteiger partial charge in [-0.15, -0.1) is 0 Å². The molecule has 0 aliphatic heterocycles. The SMILES string of the molecule is COP(=O)(OC)c1ccncc1. The summed E-state index contributed by atoms with van der Waals surface area (Å²) in [6.07, 6.45) is 3.08. The monoisotopic (exact) mass is 187 g/mol. The summed E-state index contributed by atoms with van der Waals surface area (Å²) >= 11 is 0. The van der Waals surface area contributed by atoms with Gasteiger partial charge < -0.3 is 9.05 Å². The fourth-order valence-corrected chi connectivity index (χ4v) is 1.88. The minimum atomic E-state index is -3.07. The van der Waals surface area contributed by atoms with Crippen molar-refractivity contribution in [2.24, 2.45) is 0 Å². The van der Waals surface area contributed by atoms with Crippen molar-refractivity contribution in [3.8, 4) is 0 Å². The minimum absolute atomic E-state index is 0.516. The van der Waals surface area contributed by atoms with Gasteiger partial charge in [-0.25, -0.2) is 0 Å². The molecule has 0 bridgehead atoms. The molecule has 5 heteroatoms. The second-order valence-corrected chi connectivity index (χ2v) is 4.31. The van der Waals surface area contributed by atoms with Gasteiger partial charge in [0.1, 0.15) is 0 Å². The highest BCUT2D eigenvalue weighted by molar-refractivity contribution is 7.62. The first kappa shape index (κ1) is 9.39. The lowest BCUT2D eigenvalue weighted by molar-refractivity contribution is 0.287. The summed E-state index contributed by atoms with van der Waals surface area (Å²) in [4.78, 5) is 3.80. The van der Waals surface area contributed by atoms with Gasteiger partial charge in [0.05, 0.1) is 5.30 Å². The molecule has 0 aliphatic carbocycles. The van der Waals surface area contributed by atoms with Crippen molar-refractivity contribution in [1.82, 2.24) is 4.98 Å². The van der Waals surface area contributed by atoms with Crippen molar-refractivity contribution >= 4 is 12.9 Å². The Kier molecular flexibility index (Phi) is 2.98. The highest BCUT2D eigenvalue weighted by Crippen LogP contribution is 2.44. The van der Waals surface area contributed by atoms with E-state index in [2.05, 4.69) is 4.98 Å². The van der Waals surface area contributed by atoms with Gasteiger partial charge in [0, 0.05) is 26.6 Å². The number of nitrogens with zero attached hydrogens (tertiary/aromatic N) is 1. The molecule has 1 aromatic heterocycles. The first-order valence-electron chi connectivity index (χ1n) is 3.35. The van der Waals surface area contributed by atoms with Gasteiger partial charge in [0.25, 0.3) is 0 Å². The summed E-state index contributed by atoms with van der Waals surface area (Å²) in [7, 11) is -0.370. The molecule has 0 atom stereocenters. The van der Waals surface area contributed by atoms with Crippen LogP contribution in [0.25, 0.3) is 0 Å². The molecule has 4 nitrogen and oxygen atoms in total. The van der Waals surface area contributed by atoms with E-state index >= 15 is 0 Å². The maximum absolute atomic E-state index is 11.7. The average Bonchev–Trinajstić information content (AvgIpc) is 2.18. The minimum Gasteiger partial charge on any atom is -0.309 e. The van der Waals surface area contributed by atoms with E-state index in [1.54, 1.807) is 24.5 Å². The molecule has 66 valence electrons. The number of hydrogen-bond acceptors (Lipinski definition) is 4. The number of rotatable bonds is 3. The van der Waals surface area contributed by atoms with Crippen LogP contribution in [0.3, 0.4) is 0 Å². The normalized spacial score (nSPS) is 11.5. The van der Waals surface area contributed by atoms with E-state index in [9.17, 15) is 4.57 Å². The van der Waals surface area contributed by atoms with Crippen molar-refractivity contribution in [2.75, 3.05) is 14.2 Å². The highest BCUT2D eigenvalue weighted by Gasteiger charge is 2.23. The fourth-order valence-electron chi connectivity index (χ4n) is 0.812. The third-order valence-electron chi connectivity index (χ3n) is 1.46. The van der Waals surface area contributed by atoms with Crippen LogP contribution in [0.1, 0.15) is 0 Å². The van der Waals surface area contributed by atoms with Crippen LogP contribution in [0.15, 0.2) is 24.5 Å². The fraction of sp³-hybridized carbons (Fsp3) is 0.286. The van der Waals surface area contributed by atoms with E-state index < -0.39 is 7.60 Å². The molecule has 0 amide bonds. The van der Waals surface area contributed by atoms with Gasteiger partial charge in [-0.05, 0) is 12.1 Å². The quantitative estimate of drug-likeness (QED) is 0.667. The summed E-state index contributed by atoms with van der Waals surface area (Å²) in [6.45, 7) is 0. The van der Waals surface area contributed by atoms with Gasteiger partial charge >= 0.3 is 7.60 Å². The second kappa shape index (κ2) is 3.81. The molecule has 0 aromatic carbocycles. The molecule has 1 heterocycles. The van der Waals surface area contributed by atoms with Crippen LogP contribution in [0.4, 0.5) is 0 Å². The van der Waals surface area contributed by atoms with E-state index in [4.69, 9.17) is 9.05 Å². The average molecular weight is 187 g/mol. The third-order valence-corrected chi connectivity index (χ3v) is 3.35. The van der Waals surface area contributed by atoms with Crippen LogP contribution >= 0.6 is 7.60 Å². The standard InChI is InChI=1S/C7H10NO3P/c1-10-12(9,11-2)7-3-5-8-6-4-7/h3-6H,1-2H3. The molecule has 0 radical (unpaired) electrons. The number of pyridine rings is 1. The van der Waals surface area contributed by atoms with Crippen LogP contribution < -0.4 is 5.30 Å². The second-order valence-electron chi connectivity index (χ2n) is 2.07. The van der Waals surface area contributed by atoms with Crippen molar-refractivity contribution in [2.45, 2.75) is 0 Å². The Morgan fingerprint density at radius 1 is 1.25 bits per heavy atom. The summed E-state index contributed by atoms with van der Waals surface area (Å²) in [5.41, 5.74) is 0. The smallest absolute Gasteiger partial charge is 0.309 e. The maximum atomic E-state index is 11.7. The molecule has 0 saturated carbocycles. The van der Waals surface area contributed by atoms with E-state index in [0.717, 1.165) is 0 Å². The Balaban J connectivity index is 3.04. The van der Waals surface area contributed by atoms with Crippen LogP contribution in [0.2, 0.25) is 0 Å². The molecule has 12 heavy (non-hydrogen) atoms. The molecule has 0 N–H and O–H groups in total. The molecule has 1 rings (SSSR count). The van der Waals surface area contributed by atoms with Gasteiger partial charge in [-0.1, -0.05) is 0 Å².